The van der Waals surface area contributed by atoms with Crippen LogP contribution in [0.2, 0.25) is 0 Å². The molecule has 0 heterocycles. The summed E-state index contributed by atoms with van der Waals surface area (Å²) < 4.78 is 0. The predicted molar refractivity (Wildman–Crippen MR) is 110 cm³/mol. The highest BCUT2D eigenvalue weighted by Gasteiger charge is 2.54. The van der Waals surface area contributed by atoms with Gasteiger partial charge in [0.15, 0.2) is 0 Å². The Bertz CT molecular complexity index is 612. The summed E-state index contributed by atoms with van der Waals surface area (Å²) in [5, 5.41) is 15.6. The first-order chi connectivity index (χ1) is 12.6. The summed E-state index contributed by atoms with van der Waals surface area (Å²) in [6.45, 7) is 16.4. The van der Waals surface area contributed by atoms with Crippen molar-refractivity contribution in [2.45, 2.75) is 96.8 Å². The van der Waals surface area contributed by atoms with Gasteiger partial charge in [0.05, 0.1) is 0 Å². The maximum Gasteiger partial charge on any atom is 0.407 e. The van der Waals surface area contributed by atoms with Crippen LogP contribution in [0.1, 0.15) is 74.1 Å². The fraction of sp³-hybridized carbons (Fsp3) is 0.762. The molecule has 3 amide bonds. The molecule has 0 aliphatic heterocycles. The van der Waals surface area contributed by atoms with E-state index in [4.69, 9.17) is 0 Å². The zero-order chi connectivity index (χ0) is 21.9. The molecule has 0 bridgehead atoms. The van der Waals surface area contributed by atoms with E-state index in [2.05, 4.69) is 17.2 Å². The van der Waals surface area contributed by atoms with Crippen molar-refractivity contribution in [1.29, 1.82) is 0 Å². The monoisotopic (exact) mass is 395 g/mol. The highest BCUT2D eigenvalue weighted by Crippen LogP contribution is 2.44. The van der Waals surface area contributed by atoms with Crippen molar-refractivity contribution in [3.8, 4) is 0 Å². The number of allylic oxidation sites excluding steroid dienone is 1. The van der Waals surface area contributed by atoms with Gasteiger partial charge in [-0.3, -0.25) is 9.59 Å². The summed E-state index contributed by atoms with van der Waals surface area (Å²) in [6.07, 6.45) is 2.82. The first-order valence-corrected chi connectivity index (χ1v) is 9.88. The molecule has 0 aromatic carbocycles. The maximum atomic E-state index is 13.3. The third kappa shape index (κ3) is 5.72. The Labute approximate surface area is 168 Å². The van der Waals surface area contributed by atoms with Gasteiger partial charge in [-0.2, -0.15) is 0 Å². The lowest BCUT2D eigenvalue weighted by atomic mass is 9.64. The minimum atomic E-state index is -1.08. The molecule has 1 atom stereocenters. The average molecular weight is 396 g/mol. The fourth-order valence-electron chi connectivity index (χ4n) is 4.01. The second-order valence-electron chi connectivity index (χ2n) is 9.83. The lowest BCUT2D eigenvalue weighted by Crippen LogP contribution is -2.69. The summed E-state index contributed by atoms with van der Waals surface area (Å²) >= 11 is 0. The minimum absolute atomic E-state index is 0.145. The number of nitrogens with zero attached hydrogens (tertiary/aromatic N) is 1. The number of nitrogens with one attached hydrogen (secondary N) is 2. The molecule has 1 saturated carbocycles. The van der Waals surface area contributed by atoms with Crippen LogP contribution in [0, 0.1) is 5.92 Å². The van der Waals surface area contributed by atoms with Crippen molar-refractivity contribution in [3.05, 3.63) is 12.7 Å². The van der Waals surface area contributed by atoms with Gasteiger partial charge >= 0.3 is 6.09 Å². The van der Waals surface area contributed by atoms with Crippen LogP contribution in [0.4, 0.5) is 4.79 Å². The molecule has 7 nitrogen and oxygen atoms in total. The van der Waals surface area contributed by atoms with E-state index in [1.54, 1.807) is 6.08 Å². The Kier molecular flexibility index (Phi) is 7.31. The van der Waals surface area contributed by atoms with Gasteiger partial charge in [-0.05, 0) is 73.1 Å². The Balaban J connectivity index is 3.19. The van der Waals surface area contributed by atoms with Crippen LogP contribution in [0.25, 0.3) is 0 Å². The highest BCUT2D eigenvalue weighted by molar-refractivity contribution is 5.92. The van der Waals surface area contributed by atoms with Crippen LogP contribution < -0.4 is 10.6 Å². The lowest BCUT2D eigenvalue weighted by Gasteiger charge is -2.53. The van der Waals surface area contributed by atoms with Crippen LogP contribution in [0.3, 0.4) is 0 Å². The van der Waals surface area contributed by atoms with Crippen molar-refractivity contribution in [2.75, 3.05) is 0 Å². The van der Waals surface area contributed by atoms with Crippen LogP contribution >= 0.6 is 0 Å². The first-order valence-electron chi connectivity index (χ1n) is 9.88. The topological polar surface area (TPSA) is 98.7 Å². The van der Waals surface area contributed by atoms with E-state index in [9.17, 15) is 19.5 Å². The fourth-order valence-corrected chi connectivity index (χ4v) is 4.01. The normalized spacial score (nSPS) is 21.7. The van der Waals surface area contributed by atoms with E-state index in [0.717, 1.165) is 0 Å². The van der Waals surface area contributed by atoms with Gasteiger partial charge < -0.3 is 20.6 Å². The Morgan fingerprint density at radius 3 is 2.00 bits per heavy atom. The summed E-state index contributed by atoms with van der Waals surface area (Å²) in [7, 11) is 0. The Morgan fingerprint density at radius 2 is 1.64 bits per heavy atom. The number of rotatable bonds is 7. The van der Waals surface area contributed by atoms with E-state index in [1.807, 2.05) is 41.5 Å². The number of carboxylic acid groups (broad SMARTS) is 1. The molecule has 0 radical (unpaired) electrons. The maximum absolute atomic E-state index is 13.3. The molecule has 1 aliphatic rings. The highest BCUT2D eigenvalue weighted by atomic mass is 16.4. The molecule has 28 heavy (non-hydrogen) atoms. The van der Waals surface area contributed by atoms with Crippen molar-refractivity contribution < 1.29 is 19.5 Å². The number of hydrogen-bond acceptors (Lipinski definition) is 3. The standard InChI is InChI=1S/C21H37N3O4/c1-9-10-11-21(22-14(2)25,17(26)23-19(3,4)5)15-12-16(13-15)24(18(27)28)20(6,7)8/h9,15-16H,1,10-13H2,2-8H3,(H,22,25)(H,23,26)(H,27,28)/t15?,16?,21-/m1/s1. The van der Waals surface area contributed by atoms with Crippen LogP contribution in [-0.4, -0.2) is 50.6 Å². The quantitative estimate of drug-likeness (QED) is 0.576. The molecule has 3 N–H and O–H groups in total. The largest absolute Gasteiger partial charge is 0.465 e. The molecule has 1 aliphatic carbocycles. The summed E-state index contributed by atoms with van der Waals surface area (Å²) in [6, 6.07) is -0.179. The van der Waals surface area contributed by atoms with E-state index in [1.165, 1.54) is 11.8 Å². The molecule has 0 spiro atoms. The van der Waals surface area contributed by atoms with Crippen molar-refractivity contribution in [3.63, 3.8) is 0 Å². The summed E-state index contributed by atoms with van der Waals surface area (Å²) in [5.41, 5.74) is -2.06. The lowest BCUT2D eigenvalue weighted by molar-refractivity contribution is -0.140. The van der Waals surface area contributed by atoms with Gasteiger partial charge in [-0.1, -0.05) is 6.08 Å². The van der Waals surface area contributed by atoms with Crippen molar-refractivity contribution in [1.82, 2.24) is 15.5 Å². The number of hydrogen-bond donors (Lipinski definition) is 3. The van der Waals surface area contributed by atoms with Gasteiger partial charge in [-0.25, -0.2) is 4.79 Å². The smallest absolute Gasteiger partial charge is 0.407 e. The molecule has 1 rings (SSSR count). The Hall–Kier alpha value is -2.05. The Morgan fingerprint density at radius 1 is 1.11 bits per heavy atom. The van der Waals surface area contributed by atoms with Gasteiger partial charge in [0.1, 0.15) is 5.54 Å². The molecule has 0 unspecified atom stereocenters. The SMILES string of the molecule is C=CCC[C@](NC(C)=O)(C(=O)NC(C)(C)C)C1CC(N(C(=O)O)C(C)(C)C)C1. The zero-order valence-electron chi connectivity index (χ0n) is 18.4. The molecule has 0 aromatic heterocycles. The number of carbonyl (C=O) groups excluding carboxylic acids is 2. The van der Waals surface area contributed by atoms with Crippen molar-refractivity contribution in [2.24, 2.45) is 5.92 Å². The van der Waals surface area contributed by atoms with Gasteiger partial charge in [0, 0.05) is 24.0 Å². The van der Waals surface area contributed by atoms with E-state index >= 15 is 0 Å². The predicted octanol–water partition coefficient (Wildman–Crippen LogP) is 3.30. The number of amides is 3. The molecule has 0 saturated heterocycles. The molecule has 160 valence electrons. The third-order valence-corrected chi connectivity index (χ3v) is 5.14. The number of carbonyl (C=O) groups is 3. The van der Waals surface area contributed by atoms with Gasteiger partial charge in [-0.15, -0.1) is 6.58 Å². The second-order valence-corrected chi connectivity index (χ2v) is 9.83. The zero-order valence-corrected chi connectivity index (χ0v) is 18.4. The molecular weight excluding hydrogens is 358 g/mol. The molecule has 1 fully saturated rings. The van der Waals surface area contributed by atoms with Crippen LogP contribution in [0.5, 0.6) is 0 Å². The average Bonchev–Trinajstić information content (AvgIpc) is 2.42. The van der Waals surface area contributed by atoms with E-state index < -0.39 is 22.7 Å². The molecular formula is C21H37N3O4. The van der Waals surface area contributed by atoms with E-state index in [-0.39, 0.29) is 23.8 Å². The molecule has 0 aromatic rings. The first kappa shape index (κ1) is 24.0. The minimum Gasteiger partial charge on any atom is -0.465 e. The summed E-state index contributed by atoms with van der Waals surface area (Å²) in [4.78, 5) is 38.5. The second kappa shape index (κ2) is 8.53. The van der Waals surface area contributed by atoms with Crippen LogP contribution in [-0.2, 0) is 9.59 Å². The third-order valence-electron chi connectivity index (χ3n) is 5.14. The van der Waals surface area contributed by atoms with Gasteiger partial charge in [0.25, 0.3) is 0 Å². The van der Waals surface area contributed by atoms with Crippen LogP contribution in [0.15, 0.2) is 12.7 Å². The van der Waals surface area contributed by atoms with Gasteiger partial charge in [0.2, 0.25) is 11.8 Å². The van der Waals surface area contributed by atoms with Crippen molar-refractivity contribution >= 4 is 17.9 Å². The molecule has 7 heteroatoms. The summed E-state index contributed by atoms with van der Waals surface area (Å²) in [5.74, 6) is -0.645. The van der Waals surface area contributed by atoms with E-state index in [0.29, 0.717) is 25.7 Å².